The maximum absolute atomic E-state index is 12.9. The molecule has 1 amide bonds. The van der Waals surface area contributed by atoms with Gasteiger partial charge in [0.1, 0.15) is 5.75 Å². The number of halogens is 1. The van der Waals surface area contributed by atoms with Gasteiger partial charge in [-0.25, -0.2) is 9.97 Å². The van der Waals surface area contributed by atoms with Gasteiger partial charge in [-0.1, -0.05) is 23.7 Å². The Morgan fingerprint density at radius 1 is 1.05 bits per heavy atom. The van der Waals surface area contributed by atoms with Crippen LogP contribution < -0.4 is 21.3 Å². The van der Waals surface area contributed by atoms with Crippen LogP contribution in [-0.4, -0.2) is 30.0 Å². The number of hydrogen-bond donors (Lipinski definition) is 2. The lowest BCUT2D eigenvalue weighted by molar-refractivity contribution is 0.1000. The Hall–Kier alpha value is -4.70. The summed E-state index contributed by atoms with van der Waals surface area (Å²) in [6.07, 6.45) is 3.00. The summed E-state index contributed by atoms with van der Waals surface area (Å²) >= 11 is 6.05. The molecule has 5 aromatic rings. The Balaban J connectivity index is 1.44. The van der Waals surface area contributed by atoms with Crippen molar-refractivity contribution >= 4 is 40.3 Å². The van der Waals surface area contributed by atoms with Crippen LogP contribution in [0, 0.1) is 0 Å². The molecule has 0 saturated carbocycles. The van der Waals surface area contributed by atoms with Gasteiger partial charge in [-0.2, -0.15) is 4.98 Å². The van der Waals surface area contributed by atoms with Crippen LogP contribution in [0.25, 0.3) is 11.2 Å². The van der Waals surface area contributed by atoms with E-state index in [2.05, 4.69) is 20.3 Å². The van der Waals surface area contributed by atoms with Gasteiger partial charge in [-0.05, 0) is 55.0 Å². The van der Waals surface area contributed by atoms with Crippen molar-refractivity contribution in [3.8, 4) is 11.6 Å². The Labute approximate surface area is 216 Å². The lowest BCUT2D eigenvalue weighted by Gasteiger charge is -2.15. The number of pyridine rings is 1. The summed E-state index contributed by atoms with van der Waals surface area (Å²) in [6, 6.07) is 17.7. The number of carbonyl (C=O) groups is 1. The van der Waals surface area contributed by atoms with E-state index in [-0.39, 0.29) is 5.56 Å². The van der Waals surface area contributed by atoms with E-state index in [1.54, 1.807) is 47.3 Å². The van der Waals surface area contributed by atoms with Gasteiger partial charge in [0.05, 0.1) is 18.4 Å². The fourth-order valence-electron chi connectivity index (χ4n) is 3.80. The second-order valence-electron chi connectivity index (χ2n) is 8.16. The molecule has 37 heavy (non-hydrogen) atoms. The molecule has 2 aromatic carbocycles. The number of anilines is 2. The molecule has 0 radical (unpaired) electrons. The molecule has 186 valence electrons. The molecule has 0 atom stereocenters. The van der Waals surface area contributed by atoms with E-state index in [0.29, 0.717) is 58.1 Å². The molecule has 11 heteroatoms. The van der Waals surface area contributed by atoms with E-state index in [9.17, 15) is 9.59 Å². The van der Waals surface area contributed by atoms with Crippen molar-refractivity contribution in [2.45, 2.75) is 20.0 Å². The van der Waals surface area contributed by atoms with Crippen LogP contribution in [0.4, 0.5) is 11.6 Å². The van der Waals surface area contributed by atoms with Crippen LogP contribution in [0.3, 0.4) is 0 Å². The maximum atomic E-state index is 12.9. The number of ether oxygens (including phenoxy) is 1. The lowest BCUT2D eigenvalue weighted by atomic mass is 10.2. The molecular weight excluding hydrogens is 494 g/mol. The topological polar surface area (TPSA) is 130 Å². The highest BCUT2D eigenvalue weighted by Crippen LogP contribution is 2.25. The number of nitrogens with one attached hydrogen (secondary N) is 1. The molecule has 0 unspecified atom stereocenters. The number of aryl methyl sites for hydroxylation is 1. The van der Waals surface area contributed by atoms with Gasteiger partial charge < -0.3 is 20.4 Å². The number of imidazole rings is 1. The summed E-state index contributed by atoms with van der Waals surface area (Å²) < 4.78 is 9.38. The summed E-state index contributed by atoms with van der Waals surface area (Å²) in [4.78, 5) is 37.0. The largest absolute Gasteiger partial charge is 0.439 e. The molecule has 0 spiro atoms. The molecule has 3 heterocycles. The van der Waals surface area contributed by atoms with E-state index in [1.165, 1.54) is 6.20 Å². The minimum absolute atomic E-state index is 0.296. The van der Waals surface area contributed by atoms with Crippen LogP contribution in [-0.2, 0) is 13.1 Å². The van der Waals surface area contributed by atoms with Gasteiger partial charge in [-0.15, -0.1) is 0 Å². The predicted octanol–water partition coefficient (Wildman–Crippen LogP) is 4.34. The minimum Gasteiger partial charge on any atom is -0.439 e. The van der Waals surface area contributed by atoms with Crippen LogP contribution >= 0.6 is 11.6 Å². The van der Waals surface area contributed by atoms with Crippen LogP contribution in [0.2, 0.25) is 5.02 Å². The second kappa shape index (κ2) is 10.1. The van der Waals surface area contributed by atoms with E-state index in [4.69, 9.17) is 22.1 Å². The van der Waals surface area contributed by atoms with Crippen molar-refractivity contribution < 1.29 is 9.53 Å². The molecule has 0 fully saturated rings. The smallest absolute Gasteiger partial charge is 0.300 e. The summed E-state index contributed by atoms with van der Waals surface area (Å²) in [5.41, 5.74) is 7.81. The zero-order chi connectivity index (χ0) is 25.9. The summed E-state index contributed by atoms with van der Waals surface area (Å²) in [5.74, 6) is 0.651. The van der Waals surface area contributed by atoms with E-state index < -0.39 is 5.91 Å². The minimum atomic E-state index is -0.558. The predicted molar refractivity (Wildman–Crippen MR) is 141 cm³/mol. The second-order valence-corrected chi connectivity index (χ2v) is 8.59. The quantitative estimate of drug-likeness (QED) is 0.314. The summed E-state index contributed by atoms with van der Waals surface area (Å²) in [7, 11) is 0. The van der Waals surface area contributed by atoms with Crippen molar-refractivity contribution in [1.82, 2.24) is 24.1 Å². The number of rotatable bonds is 8. The average Bonchev–Trinajstić information content (AvgIpc) is 3.34. The lowest BCUT2D eigenvalue weighted by Crippen LogP contribution is -2.20. The molecule has 0 aliphatic carbocycles. The van der Waals surface area contributed by atoms with Gasteiger partial charge in [0.2, 0.25) is 17.7 Å². The van der Waals surface area contributed by atoms with E-state index >= 15 is 0 Å². The summed E-state index contributed by atoms with van der Waals surface area (Å²) in [6.45, 7) is 2.97. The molecule has 0 saturated heterocycles. The highest BCUT2D eigenvalue weighted by atomic mass is 35.5. The highest BCUT2D eigenvalue weighted by molar-refractivity contribution is 6.30. The molecule has 0 bridgehead atoms. The van der Waals surface area contributed by atoms with Crippen molar-refractivity contribution in [2.24, 2.45) is 5.73 Å². The number of aromatic nitrogens is 5. The standard InChI is InChI=1S/C26H22ClN7O3/c1-2-33-15-30-24-22(33)25(36)32-26(34(24)14-16-3-6-18(27)7-4-16)31-19-8-10-20(11-9-19)37-21-12-5-17(13-29-21)23(28)35/h3-13,15H,2,14H2,1H3,(H2,28,35)(H,31,32,36). The molecule has 3 N–H and O–H groups in total. The van der Waals surface area contributed by atoms with Crippen molar-refractivity contribution in [2.75, 3.05) is 5.32 Å². The third-order valence-corrected chi connectivity index (χ3v) is 5.94. The molecule has 3 aromatic heterocycles. The Bertz CT molecular complexity index is 1630. The third-order valence-electron chi connectivity index (χ3n) is 5.69. The van der Waals surface area contributed by atoms with Crippen molar-refractivity contribution in [3.63, 3.8) is 0 Å². The fraction of sp³-hybridized carbons (Fsp3) is 0.115. The Morgan fingerprint density at radius 2 is 1.81 bits per heavy atom. The number of primary amides is 1. The highest BCUT2D eigenvalue weighted by Gasteiger charge is 2.16. The number of amides is 1. The SMILES string of the molecule is CCn1cnc2c1c(=O)nc(Nc1ccc(Oc3ccc(C(N)=O)cn3)cc1)n2Cc1ccc(Cl)cc1. The maximum Gasteiger partial charge on any atom is 0.300 e. The van der Waals surface area contributed by atoms with E-state index in [1.807, 2.05) is 35.8 Å². The Morgan fingerprint density at radius 3 is 2.46 bits per heavy atom. The van der Waals surface area contributed by atoms with Crippen molar-refractivity contribution in [1.29, 1.82) is 0 Å². The van der Waals surface area contributed by atoms with Gasteiger partial charge in [0.15, 0.2) is 11.2 Å². The monoisotopic (exact) mass is 515 g/mol. The zero-order valence-corrected chi connectivity index (χ0v) is 20.5. The normalized spacial score (nSPS) is 11.0. The molecular formula is C26H22ClN7O3. The number of nitrogens with zero attached hydrogens (tertiary/aromatic N) is 5. The van der Waals surface area contributed by atoms with Gasteiger partial charge in [-0.3, -0.25) is 14.2 Å². The molecule has 0 aliphatic heterocycles. The van der Waals surface area contributed by atoms with Gasteiger partial charge in [0.25, 0.3) is 0 Å². The molecule has 10 nitrogen and oxygen atoms in total. The first kappa shape index (κ1) is 24.0. The first-order valence-electron chi connectivity index (χ1n) is 11.4. The zero-order valence-electron chi connectivity index (χ0n) is 19.8. The van der Waals surface area contributed by atoms with Crippen LogP contribution in [0.15, 0.2) is 78.0 Å². The number of hydrogen-bond acceptors (Lipinski definition) is 7. The Kier molecular flexibility index (Phi) is 6.57. The number of carbonyl (C=O) groups excluding carboxylic acids is 1. The number of fused-ring (bicyclic) bond motifs is 1. The van der Waals surface area contributed by atoms with Crippen LogP contribution in [0.1, 0.15) is 22.8 Å². The third kappa shape index (κ3) is 5.14. The first-order chi connectivity index (χ1) is 17.9. The first-order valence-corrected chi connectivity index (χ1v) is 11.8. The van der Waals surface area contributed by atoms with Crippen LogP contribution in [0.5, 0.6) is 11.6 Å². The summed E-state index contributed by atoms with van der Waals surface area (Å²) in [5, 5.41) is 3.87. The number of nitrogens with two attached hydrogens (primary N) is 1. The van der Waals surface area contributed by atoms with E-state index in [0.717, 1.165) is 5.56 Å². The number of benzene rings is 2. The van der Waals surface area contributed by atoms with Gasteiger partial charge >= 0.3 is 5.56 Å². The molecule has 0 aliphatic rings. The molecule has 5 rings (SSSR count). The average molecular weight is 516 g/mol. The fourth-order valence-corrected chi connectivity index (χ4v) is 3.92. The van der Waals surface area contributed by atoms with Crippen molar-refractivity contribution in [3.05, 3.63) is 99.7 Å². The van der Waals surface area contributed by atoms with Gasteiger partial charge in [0, 0.05) is 29.5 Å².